The van der Waals surface area contributed by atoms with Crippen LogP contribution in [0.2, 0.25) is 0 Å². The maximum Gasteiger partial charge on any atom is 0.271 e. The van der Waals surface area contributed by atoms with Crippen LogP contribution >= 0.6 is 11.8 Å². The number of benzene rings is 3. The summed E-state index contributed by atoms with van der Waals surface area (Å²) < 4.78 is 5.20. The molecule has 1 heterocycles. The average Bonchev–Trinajstić information content (AvgIpc) is 2.88. The normalized spacial score (nSPS) is 10.5. The lowest BCUT2D eigenvalue weighted by atomic mass is 10.1. The number of aromatic nitrogens is 2. The van der Waals surface area contributed by atoms with Crippen molar-refractivity contribution in [3.63, 3.8) is 0 Å². The van der Waals surface area contributed by atoms with Gasteiger partial charge in [-0.15, -0.1) is 0 Å². The van der Waals surface area contributed by atoms with Crippen molar-refractivity contribution in [1.82, 2.24) is 9.97 Å². The lowest BCUT2D eigenvalue weighted by Crippen LogP contribution is -2.15. The number of nitro benzene ring substituents is 1. The van der Waals surface area contributed by atoms with Crippen LogP contribution in [0.1, 0.15) is 0 Å². The number of carbonyl (C=O) groups is 1. The quantitative estimate of drug-likeness (QED) is 0.157. The summed E-state index contributed by atoms with van der Waals surface area (Å²) in [5, 5.41) is 14.2. The van der Waals surface area contributed by atoms with Gasteiger partial charge in [0.25, 0.3) is 5.69 Å². The van der Waals surface area contributed by atoms with Crippen LogP contribution in [0.3, 0.4) is 0 Å². The van der Waals surface area contributed by atoms with Crippen molar-refractivity contribution in [3.8, 4) is 28.3 Å². The topological polar surface area (TPSA) is 107 Å². The van der Waals surface area contributed by atoms with Gasteiger partial charge in [0.2, 0.25) is 5.91 Å². The summed E-state index contributed by atoms with van der Waals surface area (Å²) in [5.74, 6) is -0.0189. The van der Waals surface area contributed by atoms with Crippen LogP contribution in [0.5, 0.6) is 5.75 Å². The molecule has 9 heteroatoms. The van der Waals surface area contributed by atoms with E-state index in [4.69, 9.17) is 4.74 Å². The molecule has 3 aromatic carbocycles. The largest absolute Gasteiger partial charge is 0.495 e. The zero-order valence-electron chi connectivity index (χ0n) is 18.2. The smallest absolute Gasteiger partial charge is 0.271 e. The molecule has 0 aliphatic rings. The van der Waals surface area contributed by atoms with Gasteiger partial charge >= 0.3 is 0 Å². The maximum atomic E-state index is 12.6. The molecule has 4 rings (SSSR count). The molecule has 1 amide bonds. The fourth-order valence-corrected chi connectivity index (χ4v) is 3.89. The summed E-state index contributed by atoms with van der Waals surface area (Å²) in [6, 6.07) is 25.4. The van der Waals surface area contributed by atoms with Crippen molar-refractivity contribution in [1.29, 1.82) is 0 Å². The summed E-state index contributed by atoms with van der Waals surface area (Å²) in [7, 11) is 1.43. The second-order valence-electron chi connectivity index (χ2n) is 7.13. The SMILES string of the molecule is COc1ccc([N+](=O)[O-])cc1NC(=O)CSc1nc(-c2ccccc2)cc(-c2ccccc2)n1. The van der Waals surface area contributed by atoms with Crippen molar-refractivity contribution >= 4 is 29.0 Å². The Morgan fingerprint density at radius 3 is 2.06 bits per heavy atom. The molecule has 0 bridgehead atoms. The molecule has 8 nitrogen and oxygen atoms in total. The first-order valence-electron chi connectivity index (χ1n) is 10.3. The first-order chi connectivity index (χ1) is 16.5. The monoisotopic (exact) mass is 472 g/mol. The number of nitro groups is 1. The molecule has 0 aliphatic heterocycles. The number of carbonyl (C=O) groups excluding carboxylic acids is 1. The van der Waals surface area contributed by atoms with Gasteiger partial charge in [0.1, 0.15) is 5.75 Å². The number of nitrogens with zero attached hydrogens (tertiary/aromatic N) is 3. The van der Waals surface area contributed by atoms with E-state index in [2.05, 4.69) is 15.3 Å². The number of methoxy groups -OCH3 is 1. The Balaban J connectivity index is 1.56. The molecule has 170 valence electrons. The Kier molecular flexibility index (Phi) is 7.14. The van der Waals surface area contributed by atoms with Gasteiger partial charge in [0.15, 0.2) is 5.16 Å². The highest BCUT2D eigenvalue weighted by molar-refractivity contribution is 7.99. The van der Waals surface area contributed by atoms with E-state index in [0.717, 1.165) is 22.5 Å². The van der Waals surface area contributed by atoms with Gasteiger partial charge in [-0.3, -0.25) is 14.9 Å². The average molecular weight is 473 g/mol. The lowest BCUT2D eigenvalue weighted by molar-refractivity contribution is -0.384. The number of non-ortho nitro benzene ring substituents is 1. The summed E-state index contributed by atoms with van der Waals surface area (Å²) in [6.07, 6.45) is 0. The third kappa shape index (κ3) is 5.57. The zero-order chi connectivity index (χ0) is 23.9. The Labute approximate surface area is 200 Å². The predicted octanol–water partition coefficient (Wildman–Crippen LogP) is 5.46. The minimum absolute atomic E-state index is 0.0122. The fourth-order valence-electron chi connectivity index (χ4n) is 3.23. The maximum absolute atomic E-state index is 12.6. The molecule has 4 aromatic rings. The van der Waals surface area contributed by atoms with Gasteiger partial charge in [-0.05, 0) is 12.1 Å². The summed E-state index contributed by atoms with van der Waals surface area (Å²) in [5.41, 5.74) is 3.46. The number of ether oxygens (including phenoxy) is 1. The van der Waals surface area contributed by atoms with Crippen molar-refractivity contribution in [2.24, 2.45) is 0 Å². The van der Waals surface area contributed by atoms with E-state index in [-0.39, 0.29) is 23.0 Å². The van der Waals surface area contributed by atoms with Gasteiger partial charge in [-0.1, -0.05) is 72.4 Å². The summed E-state index contributed by atoms with van der Waals surface area (Å²) in [4.78, 5) is 32.5. The van der Waals surface area contributed by atoms with Crippen LogP contribution in [0.4, 0.5) is 11.4 Å². The van der Waals surface area contributed by atoms with E-state index < -0.39 is 4.92 Å². The Hall–Kier alpha value is -4.24. The molecule has 0 saturated carbocycles. The van der Waals surface area contributed by atoms with Crippen LogP contribution in [-0.2, 0) is 4.79 Å². The van der Waals surface area contributed by atoms with Crippen LogP contribution in [0.15, 0.2) is 90.1 Å². The minimum Gasteiger partial charge on any atom is -0.495 e. The second-order valence-corrected chi connectivity index (χ2v) is 8.07. The van der Waals surface area contributed by atoms with Crippen LogP contribution in [0, 0.1) is 10.1 Å². The number of nitrogens with one attached hydrogen (secondary N) is 1. The van der Waals surface area contributed by atoms with Gasteiger partial charge in [0.05, 0.1) is 34.9 Å². The Morgan fingerprint density at radius 1 is 0.941 bits per heavy atom. The molecule has 1 N–H and O–H groups in total. The molecule has 0 spiro atoms. The highest BCUT2D eigenvalue weighted by Gasteiger charge is 2.15. The number of rotatable bonds is 8. The van der Waals surface area contributed by atoms with Crippen molar-refractivity contribution in [2.45, 2.75) is 5.16 Å². The molecular weight excluding hydrogens is 452 g/mol. The van der Waals surface area contributed by atoms with E-state index in [1.54, 1.807) is 0 Å². The summed E-state index contributed by atoms with van der Waals surface area (Å²) in [6.45, 7) is 0. The van der Waals surface area contributed by atoms with Gasteiger partial charge in [-0.25, -0.2) is 9.97 Å². The van der Waals surface area contributed by atoms with Crippen molar-refractivity contribution < 1.29 is 14.5 Å². The molecule has 0 aliphatic carbocycles. The van der Waals surface area contributed by atoms with Crippen LogP contribution < -0.4 is 10.1 Å². The molecule has 34 heavy (non-hydrogen) atoms. The third-order valence-electron chi connectivity index (χ3n) is 4.85. The fraction of sp³-hybridized carbons (Fsp3) is 0.0800. The van der Waals surface area contributed by atoms with Crippen LogP contribution in [-0.4, -0.2) is 33.7 Å². The number of anilines is 1. The second kappa shape index (κ2) is 10.6. The number of hydrogen-bond acceptors (Lipinski definition) is 7. The van der Waals surface area contributed by atoms with E-state index in [9.17, 15) is 14.9 Å². The van der Waals surface area contributed by atoms with Gasteiger partial charge in [-0.2, -0.15) is 0 Å². The third-order valence-corrected chi connectivity index (χ3v) is 5.69. The van der Waals surface area contributed by atoms with E-state index >= 15 is 0 Å². The Bertz CT molecular complexity index is 1260. The Morgan fingerprint density at radius 2 is 1.53 bits per heavy atom. The number of thioether (sulfide) groups is 1. The van der Waals surface area contributed by atoms with Crippen molar-refractivity contribution in [2.75, 3.05) is 18.2 Å². The molecule has 0 radical (unpaired) electrons. The van der Waals surface area contributed by atoms with Crippen molar-refractivity contribution in [3.05, 3.63) is 95.0 Å². The number of hydrogen-bond donors (Lipinski definition) is 1. The standard InChI is InChI=1S/C25H20N4O4S/c1-33-23-13-12-19(29(31)32)14-22(23)26-24(30)16-34-25-27-20(17-8-4-2-5-9-17)15-21(28-25)18-10-6-3-7-11-18/h2-15H,16H2,1H3,(H,26,30). The van der Waals surface area contributed by atoms with Gasteiger partial charge in [0, 0.05) is 23.3 Å². The molecular formula is C25H20N4O4S. The van der Waals surface area contributed by atoms with E-state index in [1.807, 2.05) is 66.7 Å². The van der Waals surface area contributed by atoms with Gasteiger partial charge < -0.3 is 10.1 Å². The van der Waals surface area contributed by atoms with Crippen LogP contribution in [0.25, 0.3) is 22.5 Å². The molecule has 0 fully saturated rings. The first kappa shape index (κ1) is 22.9. The lowest BCUT2D eigenvalue weighted by Gasteiger charge is -2.11. The van der Waals surface area contributed by atoms with E-state index in [1.165, 1.54) is 37.1 Å². The van der Waals surface area contributed by atoms with E-state index in [0.29, 0.717) is 10.9 Å². The predicted molar refractivity (Wildman–Crippen MR) is 132 cm³/mol. The molecule has 0 unspecified atom stereocenters. The highest BCUT2D eigenvalue weighted by Crippen LogP contribution is 2.30. The molecule has 0 atom stereocenters. The molecule has 0 saturated heterocycles. The summed E-state index contributed by atoms with van der Waals surface area (Å²) >= 11 is 1.18. The zero-order valence-corrected chi connectivity index (χ0v) is 19.0. The minimum atomic E-state index is -0.530. The highest BCUT2D eigenvalue weighted by atomic mass is 32.2. The number of amides is 1. The first-order valence-corrected chi connectivity index (χ1v) is 11.3. The molecule has 1 aromatic heterocycles.